The molecule has 6 nitrogen and oxygen atoms in total. The third-order valence-electron chi connectivity index (χ3n) is 4.74. The summed E-state index contributed by atoms with van der Waals surface area (Å²) in [6, 6.07) is 3.79. The Morgan fingerprint density at radius 3 is 2.60 bits per heavy atom. The Kier molecular flexibility index (Phi) is 5.15. The Morgan fingerprint density at radius 2 is 2.04 bits per heavy atom. The maximum atomic E-state index is 14.3. The number of aliphatic carboxylic acids is 1. The molecule has 1 saturated heterocycles. The van der Waals surface area contributed by atoms with E-state index in [4.69, 9.17) is 0 Å². The van der Waals surface area contributed by atoms with Crippen LogP contribution in [0.1, 0.15) is 23.0 Å². The van der Waals surface area contributed by atoms with Crippen molar-refractivity contribution >= 4 is 5.97 Å². The number of aryl methyl sites for hydroxylation is 2. The number of rotatable bonds is 5. The lowest BCUT2D eigenvalue weighted by Crippen LogP contribution is -2.49. The first-order valence-corrected chi connectivity index (χ1v) is 8.37. The number of benzene rings is 1. The van der Waals surface area contributed by atoms with Crippen LogP contribution in [0.15, 0.2) is 30.6 Å². The number of hydrogen-bond donors (Lipinski definition) is 1. The van der Waals surface area contributed by atoms with Crippen LogP contribution in [0.25, 0.3) is 0 Å². The zero-order valence-electron chi connectivity index (χ0n) is 14.5. The lowest BCUT2D eigenvalue weighted by atomic mass is 10.0. The highest BCUT2D eigenvalue weighted by Gasteiger charge is 2.32. The van der Waals surface area contributed by atoms with Gasteiger partial charge in [-0.05, 0) is 18.6 Å². The molecule has 3 rings (SSSR count). The molecular formula is C18H23FN4O2. The van der Waals surface area contributed by atoms with Gasteiger partial charge in [0, 0.05) is 51.2 Å². The Bertz CT molecular complexity index is 753. The van der Waals surface area contributed by atoms with Gasteiger partial charge in [-0.15, -0.1) is 0 Å². The van der Waals surface area contributed by atoms with E-state index >= 15 is 0 Å². The monoisotopic (exact) mass is 346 g/mol. The molecule has 0 bridgehead atoms. The zero-order valence-corrected chi connectivity index (χ0v) is 14.5. The van der Waals surface area contributed by atoms with Crippen molar-refractivity contribution in [2.24, 2.45) is 7.05 Å². The van der Waals surface area contributed by atoms with Crippen LogP contribution in [0.5, 0.6) is 0 Å². The standard InChI is InChI=1S/C18H23FN4O2/c1-13-3-4-14(15(19)11-13)17(18(24)25)23-9-7-22(8-10-23)12-16-20-5-6-21(16)2/h3-6,11,17H,7-10,12H2,1-2H3,(H,24,25). The minimum atomic E-state index is -1.01. The molecule has 1 fully saturated rings. The molecule has 0 amide bonds. The Morgan fingerprint density at radius 1 is 1.32 bits per heavy atom. The summed E-state index contributed by atoms with van der Waals surface area (Å²) in [6.45, 7) is 5.13. The first-order chi connectivity index (χ1) is 12.0. The van der Waals surface area contributed by atoms with E-state index in [1.165, 1.54) is 6.07 Å². The van der Waals surface area contributed by atoms with Crippen molar-refractivity contribution < 1.29 is 14.3 Å². The zero-order chi connectivity index (χ0) is 18.0. The average molecular weight is 346 g/mol. The number of carboxylic acid groups (broad SMARTS) is 1. The van der Waals surface area contributed by atoms with Crippen molar-refractivity contribution in [2.45, 2.75) is 19.5 Å². The minimum absolute atomic E-state index is 0.232. The number of halogens is 1. The second-order valence-corrected chi connectivity index (χ2v) is 6.53. The molecule has 0 aliphatic carbocycles. The summed E-state index contributed by atoms with van der Waals surface area (Å²) in [6.07, 6.45) is 3.68. The van der Waals surface area contributed by atoms with Crippen LogP contribution in [-0.4, -0.2) is 56.6 Å². The van der Waals surface area contributed by atoms with Gasteiger partial charge in [-0.3, -0.25) is 14.6 Å². The highest BCUT2D eigenvalue weighted by atomic mass is 19.1. The van der Waals surface area contributed by atoms with Crippen LogP contribution in [0.2, 0.25) is 0 Å². The summed E-state index contributed by atoms with van der Waals surface area (Å²) in [5.74, 6) is -0.490. The molecule has 25 heavy (non-hydrogen) atoms. The molecule has 2 aromatic rings. The molecule has 0 spiro atoms. The molecule has 0 saturated carbocycles. The highest BCUT2D eigenvalue weighted by Crippen LogP contribution is 2.26. The second-order valence-electron chi connectivity index (χ2n) is 6.53. The normalized spacial score (nSPS) is 17.6. The molecule has 0 radical (unpaired) electrons. The first-order valence-electron chi connectivity index (χ1n) is 8.37. The summed E-state index contributed by atoms with van der Waals surface area (Å²) < 4.78 is 16.3. The molecule has 1 aliphatic rings. The molecule has 1 aliphatic heterocycles. The van der Waals surface area contributed by atoms with Gasteiger partial charge >= 0.3 is 5.97 Å². The van der Waals surface area contributed by atoms with Crippen molar-refractivity contribution in [2.75, 3.05) is 26.2 Å². The minimum Gasteiger partial charge on any atom is -0.480 e. The van der Waals surface area contributed by atoms with E-state index in [1.54, 1.807) is 25.3 Å². The van der Waals surface area contributed by atoms with E-state index in [0.717, 1.165) is 31.0 Å². The van der Waals surface area contributed by atoms with Crippen LogP contribution in [-0.2, 0) is 18.4 Å². The summed E-state index contributed by atoms with van der Waals surface area (Å²) in [5.41, 5.74) is 1.01. The van der Waals surface area contributed by atoms with Crippen LogP contribution >= 0.6 is 0 Å². The van der Waals surface area contributed by atoms with E-state index in [0.29, 0.717) is 13.1 Å². The number of aromatic nitrogens is 2. The number of piperazine rings is 1. The van der Waals surface area contributed by atoms with Crippen molar-refractivity contribution in [3.05, 3.63) is 53.4 Å². The fourth-order valence-electron chi connectivity index (χ4n) is 3.27. The molecule has 1 aromatic carbocycles. The Labute approximate surface area is 146 Å². The SMILES string of the molecule is Cc1ccc(C(C(=O)O)N2CCN(Cc3nccn3C)CC2)c(F)c1. The van der Waals surface area contributed by atoms with Crippen LogP contribution in [0, 0.1) is 12.7 Å². The van der Waals surface area contributed by atoms with Gasteiger partial charge in [0.1, 0.15) is 17.7 Å². The lowest BCUT2D eigenvalue weighted by Gasteiger charge is -2.37. The topological polar surface area (TPSA) is 61.6 Å². The maximum absolute atomic E-state index is 14.3. The molecule has 1 atom stereocenters. The fraction of sp³-hybridized carbons (Fsp3) is 0.444. The van der Waals surface area contributed by atoms with Crippen molar-refractivity contribution in [1.82, 2.24) is 19.4 Å². The summed E-state index contributed by atoms with van der Waals surface area (Å²) in [7, 11) is 1.96. The van der Waals surface area contributed by atoms with Gasteiger partial charge in [-0.1, -0.05) is 12.1 Å². The number of nitrogens with zero attached hydrogens (tertiary/aromatic N) is 4. The molecule has 2 heterocycles. The van der Waals surface area contributed by atoms with Gasteiger partial charge in [-0.25, -0.2) is 9.37 Å². The van der Waals surface area contributed by atoms with Crippen LogP contribution in [0.4, 0.5) is 4.39 Å². The molecule has 1 aromatic heterocycles. The summed E-state index contributed by atoms with van der Waals surface area (Å²) in [5, 5.41) is 9.65. The third kappa shape index (κ3) is 3.88. The van der Waals surface area contributed by atoms with Gasteiger partial charge in [0.25, 0.3) is 0 Å². The van der Waals surface area contributed by atoms with E-state index in [1.807, 2.05) is 22.7 Å². The van der Waals surface area contributed by atoms with Gasteiger partial charge in [0.15, 0.2) is 0 Å². The largest absolute Gasteiger partial charge is 0.480 e. The second kappa shape index (κ2) is 7.33. The lowest BCUT2D eigenvalue weighted by molar-refractivity contribution is -0.144. The van der Waals surface area contributed by atoms with Crippen LogP contribution in [0.3, 0.4) is 0 Å². The highest BCUT2D eigenvalue weighted by molar-refractivity contribution is 5.75. The average Bonchev–Trinajstić information content (AvgIpc) is 2.96. The smallest absolute Gasteiger partial charge is 0.325 e. The first kappa shape index (κ1) is 17.6. The molecule has 134 valence electrons. The molecule has 1 N–H and O–H groups in total. The maximum Gasteiger partial charge on any atom is 0.325 e. The number of imidazole rings is 1. The van der Waals surface area contributed by atoms with Gasteiger partial charge in [0.2, 0.25) is 0 Å². The van der Waals surface area contributed by atoms with Crippen molar-refractivity contribution in [3.8, 4) is 0 Å². The van der Waals surface area contributed by atoms with Crippen LogP contribution < -0.4 is 0 Å². The number of carboxylic acids is 1. The van der Waals surface area contributed by atoms with E-state index in [-0.39, 0.29) is 5.56 Å². The number of hydrogen-bond acceptors (Lipinski definition) is 4. The fourth-order valence-corrected chi connectivity index (χ4v) is 3.27. The van der Waals surface area contributed by atoms with Crippen molar-refractivity contribution in [1.29, 1.82) is 0 Å². The predicted octanol–water partition coefficient (Wildman–Crippen LogP) is 1.81. The van der Waals surface area contributed by atoms with E-state index < -0.39 is 17.8 Å². The quantitative estimate of drug-likeness (QED) is 0.895. The molecule has 1 unspecified atom stereocenters. The molecule has 7 heteroatoms. The Balaban J connectivity index is 1.69. The van der Waals surface area contributed by atoms with E-state index in [9.17, 15) is 14.3 Å². The third-order valence-corrected chi connectivity index (χ3v) is 4.74. The Hall–Kier alpha value is -2.25. The van der Waals surface area contributed by atoms with E-state index in [2.05, 4.69) is 9.88 Å². The van der Waals surface area contributed by atoms with Gasteiger partial charge in [-0.2, -0.15) is 0 Å². The predicted molar refractivity (Wildman–Crippen MR) is 91.6 cm³/mol. The van der Waals surface area contributed by atoms with Crippen molar-refractivity contribution in [3.63, 3.8) is 0 Å². The molecular weight excluding hydrogens is 323 g/mol. The number of carbonyl (C=O) groups is 1. The summed E-state index contributed by atoms with van der Waals surface area (Å²) in [4.78, 5) is 20.2. The summed E-state index contributed by atoms with van der Waals surface area (Å²) >= 11 is 0. The van der Waals surface area contributed by atoms with Gasteiger partial charge in [0.05, 0.1) is 6.54 Å². The van der Waals surface area contributed by atoms with Gasteiger partial charge < -0.3 is 9.67 Å².